The Bertz CT molecular complexity index is 638. The van der Waals surface area contributed by atoms with Gasteiger partial charge in [-0.25, -0.2) is 0 Å². The van der Waals surface area contributed by atoms with Crippen LogP contribution in [0.5, 0.6) is 0 Å². The molecule has 0 radical (unpaired) electrons. The summed E-state index contributed by atoms with van der Waals surface area (Å²) in [6.45, 7) is 5.99. The lowest BCUT2D eigenvalue weighted by Gasteiger charge is -2.60. The highest BCUT2D eigenvalue weighted by molar-refractivity contribution is 5.83. The minimum Gasteiger partial charge on any atom is -0.393 e. The average molecular weight is 363 g/mol. The van der Waals surface area contributed by atoms with Crippen LogP contribution in [0.1, 0.15) is 65.7 Å². The predicted octanol–water partition coefficient (Wildman–Crippen LogP) is 2.85. The van der Waals surface area contributed by atoms with Crippen molar-refractivity contribution in [3.05, 3.63) is 11.6 Å². The van der Waals surface area contributed by atoms with Crippen molar-refractivity contribution in [2.75, 3.05) is 6.61 Å². The zero-order chi connectivity index (χ0) is 18.9. The molecule has 3 saturated carbocycles. The third kappa shape index (κ3) is 2.48. The zero-order valence-corrected chi connectivity index (χ0v) is 16.4. The Kier molecular flexibility index (Phi) is 4.22. The summed E-state index contributed by atoms with van der Waals surface area (Å²) in [4.78, 5) is 12.3. The van der Waals surface area contributed by atoms with E-state index in [1.165, 1.54) is 5.57 Å². The fourth-order valence-corrected chi connectivity index (χ4v) is 7.64. The van der Waals surface area contributed by atoms with Crippen LogP contribution in [0.15, 0.2) is 11.6 Å². The van der Waals surface area contributed by atoms with Crippen LogP contribution in [0, 0.1) is 34.5 Å². The van der Waals surface area contributed by atoms with Crippen molar-refractivity contribution >= 4 is 5.78 Å². The second kappa shape index (κ2) is 5.89. The summed E-state index contributed by atoms with van der Waals surface area (Å²) < 4.78 is 0. The molecule has 3 N–H and O–H groups in total. The van der Waals surface area contributed by atoms with Gasteiger partial charge in [0, 0.05) is 5.92 Å². The minimum atomic E-state index is -0.720. The predicted molar refractivity (Wildman–Crippen MR) is 99.3 cm³/mol. The van der Waals surface area contributed by atoms with E-state index >= 15 is 0 Å². The third-order valence-electron chi connectivity index (χ3n) is 8.85. The molecular formula is C22H34O4. The Morgan fingerprint density at radius 1 is 1.19 bits per heavy atom. The monoisotopic (exact) mass is 362 g/mol. The number of hydrogen-bond acceptors (Lipinski definition) is 4. The van der Waals surface area contributed by atoms with E-state index in [-0.39, 0.29) is 35.1 Å². The van der Waals surface area contributed by atoms with E-state index in [1.807, 2.05) is 6.92 Å². The highest BCUT2D eigenvalue weighted by Crippen LogP contribution is 2.67. The first kappa shape index (κ1) is 18.6. The molecule has 4 aliphatic rings. The maximum absolute atomic E-state index is 12.3. The summed E-state index contributed by atoms with van der Waals surface area (Å²) in [5.74, 6) is 0.962. The molecule has 4 heteroatoms. The van der Waals surface area contributed by atoms with E-state index in [0.29, 0.717) is 18.3 Å². The lowest BCUT2D eigenvalue weighted by molar-refractivity contribution is -0.147. The maximum Gasteiger partial charge on any atom is 0.161 e. The van der Waals surface area contributed by atoms with Gasteiger partial charge in [0.1, 0.15) is 6.61 Å². The van der Waals surface area contributed by atoms with Crippen molar-refractivity contribution in [3.63, 3.8) is 0 Å². The van der Waals surface area contributed by atoms with Gasteiger partial charge in [-0.1, -0.05) is 25.5 Å². The Labute approximate surface area is 156 Å². The molecule has 0 saturated heterocycles. The third-order valence-corrected chi connectivity index (χ3v) is 8.85. The molecule has 4 aliphatic carbocycles. The van der Waals surface area contributed by atoms with Gasteiger partial charge in [-0.2, -0.15) is 0 Å². The molecule has 0 aromatic heterocycles. The van der Waals surface area contributed by atoms with Gasteiger partial charge >= 0.3 is 0 Å². The first-order chi connectivity index (χ1) is 12.1. The quantitative estimate of drug-likeness (QED) is 0.660. The lowest BCUT2D eigenvalue weighted by atomic mass is 9.45. The van der Waals surface area contributed by atoms with Gasteiger partial charge in [-0.05, 0) is 80.5 Å². The number of allylic oxidation sites excluding steroid dienone is 1. The number of carbonyl (C=O) groups excluding carboxylic acids is 1. The van der Waals surface area contributed by atoms with Crippen molar-refractivity contribution in [2.45, 2.75) is 77.4 Å². The second-order valence-corrected chi connectivity index (χ2v) is 10.3. The number of aliphatic hydroxyl groups excluding tert-OH is 2. The van der Waals surface area contributed by atoms with E-state index in [9.17, 15) is 20.1 Å². The molecule has 146 valence electrons. The van der Waals surface area contributed by atoms with E-state index in [1.54, 1.807) is 0 Å². The van der Waals surface area contributed by atoms with E-state index < -0.39 is 11.7 Å². The molecule has 0 aromatic carbocycles. The summed E-state index contributed by atoms with van der Waals surface area (Å²) in [5, 5.41) is 31.2. The standard InChI is InChI=1S/C22H34O4/c1-20(26)8-9-21(2)13(10-20)4-5-14-15-6-7-16(18(25)12-23)22(15,3)11-17(24)19(14)21/h10,14-17,19,23-24,26H,4-9,11-12H2,1-3H3/t14-,15?,16+,17-,19?,20-,21-,22-/m0/s1. The van der Waals surface area contributed by atoms with E-state index in [2.05, 4.69) is 19.9 Å². The Hall–Kier alpha value is -0.710. The average Bonchev–Trinajstić information content (AvgIpc) is 2.91. The van der Waals surface area contributed by atoms with Gasteiger partial charge in [0.05, 0.1) is 11.7 Å². The van der Waals surface area contributed by atoms with Gasteiger partial charge in [0.2, 0.25) is 0 Å². The van der Waals surface area contributed by atoms with Crippen LogP contribution < -0.4 is 0 Å². The summed E-state index contributed by atoms with van der Waals surface area (Å²) in [5.41, 5.74) is 0.393. The minimum absolute atomic E-state index is 0.0367. The van der Waals surface area contributed by atoms with Crippen LogP contribution in [0.25, 0.3) is 0 Å². The van der Waals surface area contributed by atoms with Crippen molar-refractivity contribution < 1.29 is 20.1 Å². The number of fused-ring (bicyclic) bond motifs is 5. The maximum atomic E-state index is 12.3. The number of Topliss-reactive ketones (excluding diaryl/α,β-unsaturated/α-hetero) is 1. The van der Waals surface area contributed by atoms with Gasteiger partial charge < -0.3 is 15.3 Å². The van der Waals surface area contributed by atoms with Gasteiger partial charge in [-0.3, -0.25) is 4.79 Å². The summed E-state index contributed by atoms with van der Waals surface area (Å²) in [6.07, 6.45) is 7.91. The van der Waals surface area contributed by atoms with Gasteiger partial charge in [-0.15, -0.1) is 0 Å². The Morgan fingerprint density at radius 3 is 2.62 bits per heavy atom. The van der Waals surface area contributed by atoms with Crippen molar-refractivity contribution in [1.82, 2.24) is 0 Å². The fourth-order valence-electron chi connectivity index (χ4n) is 7.64. The molecule has 0 aliphatic heterocycles. The van der Waals surface area contributed by atoms with Crippen LogP contribution in [-0.4, -0.2) is 39.4 Å². The van der Waals surface area contributed by atoms with Crippen molar-refractivity contribution in [1.29, 1.82) is 0 Å². The number of rotatable bonds is 2. The molecule has 3 fully saturated rings. The van der Waals surface area contributed by atoms with Crippen LogP contribution in [0.4, 0.5) is 0 Å². The Balaban J connectivity index is 1.69. The molecule has 2 unspecified atom stereocenters. The summed E-state index contributed by atoms with van der Waals surface area (Å²) in [7, 11) is 0. The topological polar surface area (TPSA) is 77.8 Å². The smallest absolute Gasteiger partial charge is 0.161 e. The van der Waals surface area contributed by atoms with Crippen LogP contribution >= 0.6 is 0 Å². The summed E-state index contributed by atoms with van der Waals surface area (Å²) in [6, 6.07) is 0. The molecule has 26 heavy (non-hydrogen) atoms. The molecule has 0 aromatic rings. The van der Waals surface area contributed by atoms with Gasteiger partial charge in [0.15, 0.2) is 5.78 Å². The molecule has 0 heterocycles. The highest BCUT2D eigenvalue weighted by Gasteiger charge is 2.63. The molecule has 0 amide bonds. The molecular weight excluding hydrogens is 328 g/mol. The summed E-state index contributed by atoms with van der Waals surface area (Å²) >= 11 is 0. The molecule has 0 spiro atoms. The zero-order valence-electron chi connectivity index (χ0n) is 16.4. The van der Waals surface area contributed by atoms with Gasteiger partial charge in [0.25, 0.3) is 0 Å². The number of ketones is 1. The SMILES string of the molecule is C[C@]12CC[C@](C)(O)C=C1CC[C@@H]1C2[C@@H](O)C[C@@]2(C)C1CC[C@@H]2C(=O)CO. The van der Waals surface area contributed by atoms with Crippen LogP contribution in [-0.2, 0) is 4.79 Å². The second-order valence-electron chi connectivity index (χ2n) is 10.3. The normalized spacial score (nSPS) is 53.3. The fraction of sp³-hybridized carbons (Fsp3) is 0.864. The Morgan fingerprint density at radius 2 is 1.92 bits per heavy atom. The first-order valence-corrected chi connectivity index (χ1v) is 10.4. The molecule has 4 nitrogen and oxygen atoms in total. The molecule has 0 bridgehead atoms. The van der Waals surface area contributed by atoms with E-state index in [0.717, 1.165) is 38.5 Å². The molecule has 4 rings (SSSR count). The lowest BCUT2D eigenvalue weighted by Crippen LogP contribution is -2.57. The number of aliphatic hydroxyl groups is 3. The van der Waals surface area contributed by atoms with Crippen LogP contribution in [0.2, 0.25) is 0 Å². The first-order valence-electron chi connectivity index (χ1n) is 10.4. The van der Waals surface area contributed by atoms with Crippen LogP contribution in [0.3, 0.4) is 0 Å². The number of carbonyl (C=O) groups is 1. The van der Waals surface area contributed by atoms with E-state index in [4.69, 9.17) is 0 Å². The number of hydrogen-bond donors (Lipinski definition) is 3. The highest BCUT2D eigenvalue weighted by atomic mass is 16.3. The molecule has 8 atom stereocenters. The largest absolute Gasteiger partial charge is 0.393 e. The van der Waals surface area contributed by atoms with Crippen molar-refractivity contribution in [2.24, 2.45) is 34.5 Å². The van der Waals surface area contributed by atoms with Crippen molar-refractivity contribution in [3.8, 4) is 0 Å².